The lowest BCUT2D eigenvalue weighted by Gasteiger charge is -2.13. The van der Waals surface area contributed by atoms with Gasteiger partial charge in [0.05, 0.1) is 18.9 Å². The molecule has 5 heteroatoms. The number of hydrogen-bond donors (Lipinski definition) is 1. The first-order valence-corrected chi connectivity index (χ1v) is 5.79. The molecule has 0 saturated heterocycles. The maximum Gasteiger partial charge on any atom is 0.163 e. The molecule has 0 aliphatic rings. The van der Waals surface area contributed by atoms with E-state index in [2.05, 4.69) is 0 Å². The number of rotatable bonds is 5. The van der Waals surface area contributed by atoms with E-state index in [9.17, 15) is 0 Å². The number of nitrogens with zero attached hydrogens (tertiary/aromatic N) is 1. The molecule has 0 radical (unpaired) electrons. The van der Waals surface area contributed by atoms with E-state index in [1.807, 2.05) is 19.2 Å². The van der Waals surface area contributed by atoms with Gasteiger partial charge in [-0.05, 0) is 25.6 Å². The van der Waals surface area contributed by atoms with E-state index < -0.39 is 0 Å². The number of hydrogen-bond acceptors (Lipinski definition) is 5. The van der Waals surface area contributed by atoms with Crippen molar-refractivity contribution in [3.05, 3.63) is 12.1 Å². The van der Waals surface area contributed by atoms with Gasteiger partial charge in [-0.3, -0.25) is 0 Å². The molecule has 0 saturated carbocycles. The minimum atomic E-state index is 0.526. The number of nitriles is 1. The molecule has 0 aliphatic carbocycles. The van der Waals surface area contributed by atoms with E-state index in [4.69, 9.17) is 20.5 Å². The molecule has 2 N–H and O–H groups in total. The van der Waals surface area contributed by atoms with E-state index in [0.29, 0.717) is 35.3 Å². The molecule has 0 aromatic heterocycles. The fourth-order valence-corrected chi connectivity index (χ4v) is 1.67. The average molecular weight is 238 g/mol. The van der Waals surface area contributed by atoms with Crippen LogP contribution in [0.2, 0.25) is 0 Å². The highest BCUT2D eigenvalue weighted by atomic mass is 32.2. The van der Waals surface area contributed by atoms with Crippen molar-refractivity contribution >= 4 is 17.4 Å². The van der Waals surface area contributed by atoms with Crippen LogP contribution in [0.4, 0.5) is 5.69 Å². The summed E-state index contributed by atoms with van der Waals surface area (Å²) < 4.78 is 10.8. The van der Waals surface area contributed by atoms with Crippen LogP contribution in [0.15, 0.2) is 17.0 Å². The summed E-state index contributed by atoms with van der Waals surface area (Å²) in [6.45, 7) is 4.87. The van der Waals surface area contributed by atoms with Crippen molar-refractivity contribution in [3.8, 4) is 16.9 Å². The van der Waals surface area contributed by atoms with Crippen LogP contribution < -0.4 is 15.2 Å². The average Bonchev–Trinajstić information content (AvgIpc) is 2.25. The molecule has 86 valence electrons. The zero-order valence-corrected chi connectivity index (χ0v) is 10.1. The second-order valence-corrected chi connectivity index (χ2v) is 3.72. The van der Waals surface area contributed by atoms with Crippen molar-refractivity contribution in [2.24, 2.45) is 0 Å². The molecule has 0 unspecified atom stereocenters. The number of benzene rings is 1. The Morgan fingerprint density at radius 2 is 1.81 bits per heavy atom. The predicted molar refractivity (Wildman–Crippen MR) is 64.7 cm³/mol. The molecule has 1 rings (SSSR count). The zero-order valence-electron chi connectivity index (χ0n) is 9.32. The number of anilines is 1. The highest BCUT2D eigenvalue weighted by Gasteiger charge is 2.10. The summed E-state index contributed by atoms with van der Waals surface area (Å²) in [7, 11) is 0. The van der Waals surface area contributed by atoms with Crippen LogP contribution in [0.1, 0.15) is 13.8 Å². The van der Waals surface area contributed by atoms with E-state index in [-0.39, 0.29) is 0 Å². The number of nitrogen functional groups attached to an aromatic ring is 1. The smallest absolute Gasteiger partial charge is 0.163 e. The first kappa shape index (κ1) is 12.5. The van der Waals surface area contributed by atoms with Gasteiger partial charge >= 0.3 is 0 Å². The SMILES string of the molecule is CCOc1cc(N)c(SC#N)cc1OCC. The van der Waals surface area contributed by atoms with E-state index >= 15 is 0 Å². The molecule has 0 amide bonds. The molecule has 1 aromatic rings. The second-order valence-electron chi connectivity index (χ2n) is 2.90. The molecule has 0 fully saturated rings. The Kier molecular flexibility index (Phi) is 4.80. The molecular weight excluding hydrogens is 224 g/mol. The van der Waals surface area contributed by atoms with E-state index in [1.54, 1.807) is 12.1 Å². The monoisotopic (exact) mass is 238 g/mol. The van der Waals surface area contributed by atoms with Crippen LogP contribution >= 0.6 is 11.8 Å². The normalized spacial score (nSPS) is 9.56. The lowest BCUT2D eigenvalue weighted by Crippen LogP contribution is -2.00. The molecule has 0 heterocycles. The largest absolute Gasteiger partial charge is 0.490 e. The van der Waals surface area contributed by atoms with Crippen molar-refractivity contribution in [3.63, 3.8) is 0 Å². The number of thiocyanates is 1. The summed E-state index contributed by atoms with van der Waals surface area (Å²) >= 11 is 1.01. The van der Waals surface area contributed by atoms with Crippen molar-refractivity contribution in [2.75, 3.05) is 18.9 Å². The highest BCUT2D eigenvalue weighted by molar-refractivity contribution is 8.03. The van der Waals surface area contributed by atoms with Crippen LogP contribution in [0.3, 0.4) is 0 Å². The lowest BCUT2D eigenvalue weighted by molar-refractivity contribution is 0.287. The molecule has 0 bridgehead atoms. The molecule has 4 nitrogen and oxygen atoms in total. The van der Waals surface area contributed by atoms with Crippen LogP contribution in [-0.4, -0.2) is 13.2 Å². The number of thioether (sulfide) groups is 1. The van der Waals surface area contributed by atoms with Crippen LogP contribution in [0, 0.1) is 10.7 Å². The summed E-state index contributed by atoms with van der Waals surface area (Å²) in [5.74, 6) is 1.24. The lowest BCUT2D eigenvalue weighted by atomic mass is 10.3. The number of ether oxygens (including phenoxy) is 2. The Hall–Kier alpha value is -1.54. The summed E-state index contributed by atoms with van der Waals surface area (Å²) in [6.07, 6.45) is 0. The van der Waals surface area contributed by atoms with Gasteiger partial charge in [0.15, 0.2) is 11.5 Å². The maximum atomic E-state index is 8.62. The first-order chi connectivity index (χ1) is 7.72. The van der Waals surface area contributed by atoms with E-state index in [0.717, 1.165) is 11.8 Å². The zero-order chi connectivity index (χ0) is 12.0. The Bertz CT molecular complexity index is 402. The summed E-state index contributed by atoms with van der Waals surface area (Å²) in [5.41, 5.74) is 6.32. The van der Waals surface area contributed by atoms with Gasteiger partial charge in [-0.25, -0.2) is 0 Å². The van der Waals surface area contributed by atoms with Crippen molar-refractivity contribution in [1.82, 2.24) is 0 Å². The predicted octanol–water partition coefficient (Wildman–Crippen LogP) is 2.64. The van der Waals surface area contributed by atoms with Crippen molar-refractivity contribution < 1.29 is 9.47 Å². The number of nitrogens with two attached hydrogens (primary N) is 1. The standard InChI is InChI=1S/C11H14N2O2S/c1-3-14-9-5-8(13)11(16-7-12)6-10(9)15-4-2/h5-6H,3-4,13H2,1-2H3. The van der Waals surface area contributed by atoms with Gasteiger partial charge in [-0.15, -0.1) is 0 Å². The van der Waals surface area contributed by atoms with E-state index in [1.165, 1.54) is 0 Å². The van der Waals surface area contributed by atoms with Crippen LogP contribution in [-0.2, 0) is 0 Å². The van der Waals surface area contributed by atoms with Crippen molar-refractivity contribution in [2.45, 2.75) is 18.7 Å². The minimum absolute atomic E-state index is 0.526. The topological polar surface area (TPSA) is 68.3 Å². The Balaban J connectivity index is 3.09. The summed E-state index contributed by atoms with van der Waals surface area (Å²) in [5, 5.41) is 10.6. The minimum Gasteiger partial charge on any atom is -0.490 e. The maximum absolute atomic E-state index is 8.62. The third-order valence-electron chi connectivity index (χ3n) is 1.83. The van der Waals surface area contributed by atoms with Gasteiger partial charge in [-0.1, -0.05) is 0 Å². The van der Waals surface area contributed by atoms with Crippen LogP contribution in [0.25, 0.3) is 0 Å². The highest BCUT2D eigenvalue weighted by Crippen LogP contribution is 2.36. The van der Waals surface area contributed by atoms with Gasteiger partial charge in [0, 0.05) is 17.0 Å². The Morgan fingerprint density at radius 3 is 2.31 bits per heavy atom. The third-order valence-corrected chi connectivity index (χ3v) is 2.50. The van der Waals surface area contributed by atoms with Gasteiger partial charge in [0.2, 0.25) is 0 Å². The third kappa shape index (κ3) is 2.97. The fraction of sp³-hybridized carbons (Fsp3) is 0.364. The van der Waals surface area contributed by atoms with Gasteiger partial charge in [0.25, 0.3) is 0 Å². The summed E-state index contributed by atoms with van der Waals surface area (Å²) in [4.78, 5) is 0.689. The molecule has 0 aliphatic heterocycles. The van der Waals surface area contributed by atoms with Gasteiger partial charge < -0.3 is 15.2 Å². The first-order valence-electron chi connectivity index (χ1n) is 4.98. The van der Waals surface area contributed by atoms with Crippen molar-refractivity contribution in [1.29, 1.82) is 5.26 Å². The quantitative estimate of drug-likeness (QED) is 0.485. The van der Waals surface area contributed by atoms with Crippen LogP contribution in [0.5, 0.6) is 11.5 Å². The Labute approximate surface area is 99.3 Å². The molecule has 0 spiro atoms. The fourth-order valence-electron chi connectivity index (χ4n) is 1.23. The molecule has 16 heavy (non-hydrogen) atoms. The van der Waals surface area contributed by atoms with Gasteiger partial charge in [-0.2, -0.15) is 5.26 Å². The Morgan fingerprint density at radius 1 is 1.25 bits per heavy atom. The molecular formula is C11H14N2O2S. The second kappa shape index (κ2) is 6.13. The molecule has 0 atom stereocenters. The molecule has 1 aromatic carbocycles. The summed E-state index contributed by atoms with van der Waals surface area (Å²) in [6, 6.07) is 3.42. The van der Waals surface area contributed by atoms with Gasteiger partial charge in [0.1, 0.15) is 5.40 Å².